The van der Waals surface area contributed by atoms with E-state index in [1.54, 1.807) is 0 Å². The maximum atomic E-state index is 12.5. The molecule has 0 N–H and O–H groups in total. The van der Waals surface area contributed by atoms with Gasteiger partial charge in [0.1, 0.15) is 4.75 Å². The van der Waals surface area contributed by atoms with Crippen LogP contribution in [0, 0.1) is 0 Å². The molecule has 13 heteroatoms. The number of halogens is 9. The molecule has 0 aromatic carbocycles. The second-order valence-electron chi connectivity index (χ2n) is 2.27. The van der Waals surface area contributed by atoms with E-state index in [9.17, 15) is 48.1 Å². The first-order valence-electron chi connectivity index (χ1n) is 2.88. The molecule has 0 spiro atoms. The molecule has 0 saturated carbocycles. The fourth-order valence-electron chi connectivity index (χ4n) is 0.548. The van der Waals surface area contributed by atoms with Crippen molar-refractivity contribution in [3.63, 3.8) is 0 Å². The molecule has 0 radical (unpaired) electrons. The van der Waals surface area contributed by atoms with Gasteiger partial charge in [-0.05, 0) is 0 Å². The van der Waals surface area contributed by atoms with E-state index in [0.29, 0.717) is 0 Å². The average molecular weight is 285 g/mol. The second-order valence-corrected chi connectivity index (χ2v) is 4.06. The van der Waals surface area contributed by atoms with Crippen molar-refractivity contribution in [3.05, 3.63) is 0 Å². The van der Waals surface area contributed by atoms with Gasteiger partial charge in [-0.15, -0.1) is 0 Å². The highest BCUT2D eigenvalue weighted by Crippen LogP contribution is 2.50. The molecule has 0 atom stereocenters. The maximum absolute atomic E-state index is 12.5. The summed E-state index contributed by atoms with van der Waals surface area (Å²) in [5.41, 5.74) is 0. The van der Waals surface area contributed by atoms with Crippen molar-refractivity contribution in [1.29, 1.82) is 0 Å². The van der Waals surface area contributed by atoms with Crippen molar-refractivity contribution >= 4 is 10.0 Å². The lowest BCUT2D eigenvalue weighted by Gasteiger charge is -2.28. The van der Waals surface area contributed by atoms with Crippen LogP contribution in [0.2, 0.25) is 0 Å². The third kappa shape index (κ3) is 1.92. The second kappa shape index (κ2) is 3.65. The minimum Gasteiger partial charge on any atom is -0.204 e. The molecular formula is C3F9NO2S. The number of alkyl halides is 7. The fraction of sp³-hybridized carbons (Fsp3) is 1.00. The van der Waals surface area contributed by atoms with E-state index in [2.05, 4.69) is 0 Å². The Labute approximate surface area is 81.4 Å². The molecule has 16 heavy (non-hydrogen) atoms. The van der Waals surface area contributed by atoms with Crippen LogP contribution in [0.25, 0.3) is 0 Å². The highest BCUT2D eigenvalue weighted by Gasteiger charge is 2.82. The SMILES string of the molecule is O=S(=O)(N(F)F)C(F)(C(F)(F)F)C(F)(F)F. The monoisotopic (exact) mass is 285 g/mol. The molecule has 0 saturated heterocycles. The van der Waals surface area contributed by atoms with Gasteiger partial charge in [0.15, 0.2) is 0 Å². The van der Waals surface area contributed by atoms with E-state index in [-0.39, 0.29) is 0 Å². The highest BCUT2D eigenvalue weighted by atomic mass is 32.2. The summed E-state index contributed by atoms with van der Waals surface area (Å²) >= 11 is 0. The van der Waals surface area contributed by atoms with Gasteiger partial charge < -0.3 is 0 Å². The van der Waals surface area contributed by atoms with Crippen molar-refractivity contribution in [3.8, 4) is 0 Å². The molecule has 0 aliphatic rings. The van der Waals surface area contributed by atoms with Gasteiger partial charge in [0.2, 0.25) is 0 Å². The number of nitrogens with zero attached hydrogens (tertiary/aromatic N) is 1. The smallest absolute Gasteiger partial charge is 0.204 e. The average Bonchev–Trinajstić information content (AvgIpc) is 1.97. The zero-order chi connectivity index (χ0) is 13.6. The van der Waals surface area contributed by atoms with Crippen LogP contribution in [-0.4, -0.2) is 30.5 Å². The molecule has 0 unspecified atom stereocenters. The van der Waals surface area contributed by atoms with Crippen molar-refractivity contribution < 1.29 is 48.1 Å². The number of hydrogen-bond donors (Lipinski definition) is 0. The molecule has 3 nitrogen and oxygen atoms in total. The van der Waals surface area contributed by atoms with E-state index in [1.807, 2.05) is 0 Å². The summed E-state index contributed by atoms with van der Waals surface area (Å²) in [6, 6.07) is 0. The standard InChI is InChI=1S/C3F9NO2S/c4-1(2(5,6)7,3(8,9)10)16(14,15)13(11)12. The van der Waals surface area contributed by atoms with Crippen LogP contribution < -0.4 is 0 Å². The summed E-state index contributed by atoms with van der Waals surface area (Å²) in [5, 5.41) is -7.06. The summed E-state index contributed by atoms with van der Waals surface area (Å²) in [5.74, 6) is 0. The van der Waals surface area contributed by atoms with Crippen LogP contribution in [0.5, 0.6) is 0 Å². The van der Waals surface area contributed by atoms with Gasteiger partial charge in [-0.2, -0.15) is 26.3 Å². The lowest BCUT2D eigenvalue weighted by molar-refractivity contribution is -0.309. The third-order valence-corrected chi connectivity index (χ3v) is 2.80. The van der Waals surface area contributed by atoms with E-state index < -0.39 is 32.1 Å². The van der Waals surface area contributed by atoms with Crippen LogP contribution >= 0.6 is 0 Å². The first kappa shape index (κ1) is 15.3. The molecule has 0 aliphatic heterocycles. The Bertz CT molecular complexity index is 338. The molecule has 0 aliphatic carbocycles. The zero-order valence-corrected chi connectivity index (χ0v) is 7.39. The minimum atomic E-state index is -7.57. The third-order valence-electron chi connectivity index (χ3n) is 1.27. The molecule has 98 valence electrons. The lowest BCUT2D eigenvalue weighted by Crippen LogP contribution is -2.60. The van der Waals surface area contributed by atoms with Crippen molar-refractivity contribution in [2.75, 3.05) is 0 Å². The zero-order valence-electron chi connectivity index (χ0n) is 6.57. The normalized spacial score (nSPS) is 15.6. The van der Waals surface area contributed by atoms with E-state index >= 15 is 0 Å². The molecule has 0 rings (SSSR count). The van der Waals surface area contributed by atoms with Gasteiger partial charge in [-0.25, -0.2) is 12.8 Å². The lowest BCUT2D eigenvalue weighted by atomic mass is 10.3. The first-order valence-corrected chi connectivity index (χ1v) is 4.32. The van der Waals surface area contributed by atoms with Crippen LogP contribution in [-0.2, 0) is 10.0 Å². The highest BCUT2D eigenvalue weighted by molar-refractivity contribution is 7.90. The summed E-state index contributed by atoms with van der Waals surface area (Å²) in [7, 11) is -7.57. The number of rotatable bonds is 2. The molecule has 0 heterocycles. The van der Waals surface area contributed by atoms with Gasteiger partial charge in [0.25, 0.3) is 0 Å². The van der Waals surface area contributed by atoms with Crippen LogP contribution in [0.1, 0.15) is 0 Å². The predicted molar refractivity (Wildman–Crippen MR) is 28.9 cm³/mol. The Balaban J connectivity index is 6.05. The van der Waals surface area contributed by atoms with Gasteiger partial charge in [-0.1, -0.05) is 8.96 Å². The Morgan fingerprint density at radius 3 is 1.06 bits per heavy atom. The summed E-state index contributed by atoms with van der Waals surface area (Å²) < 4.78 is 121. The Morgan fingerprint density at radius 1 is 0.750 bits per heavy atom. The molecular weight excluding hydrogens is 285 g/mol. The molecule has 0 bridgehead atoms. The minimum absolute atomic E-state index is 3.48. The quantitative estimate of drug-likeness (QED) is 0.576. The Kier molecular flexibility index (Phi) is 3.48. The van der Waals surface area contributed by atoms with Crippen molar-refractivity contribution in [1.82, 2.24) is 4.75 Å². The van der Waals surface area contributed by atoms with Gasteiger partial charge in [0, 0.05) is 0 Å². The van der Waals surface area contributed by atoms with Crippen molar-refractivity contribution in [2.45, 2.75) is 17.4 Å². The van der Waals surface area contributed by atoms with E-state index in [1.165, 1.54) is 0 Å². The van der Waals surface area contributed by atoms with Crippen LogP contribution in [0.3, 0.4) is 0 Å². The summed E-state index contributed by atoms with van der Waals surface area (Å²) in [6.45, 7) is 0. The van der Waals surface area contributed by atoms with Gasteiger partial charge in [0.05, 0.1) is 0 Å². The number of hydrogen-bond acceptors (Lipinski definition) is 2. The van der Waals surface area contributed by atoms with Crippen LogP contribution in [0.4, 0.5) is 39.7 Å². The fourth-order valence-corrected chi connectivity index (χ4v) is 1.32. The van der Waals surface area contributed by atoms with Gasteiger partial charge >= 0.3 is 27.4 Å². The Morgan fingerprint density at radius 2 is 1.00 bits per heavy atom. The van der Waals surface area contributed by atoms with E-state index in [4.69, 9.17) is 0 Å². The largest absolute Gasteiger partial charge is 0.448 e. The molecule has 0 aromatic heterocycles. The van der Waals surface area contributed by atoms with E-state index in [0.717, 1.165) is 0 Å². The van der Waals surface area contributed by atoms with Crippen LogP contribution in [0.15, 0.2) is 0 Å². The first-order chi connectivity index (χ1) is 6.69. The topological polar surface area (TPSA) is 37.4 Å². The summed E-state index contributed by atoms with van der Waals surface area (Å²) in [6.07, 6.45) is -14.2. The predicted octanol–water partition coefficient (Wildman–Crippen LogP) is 2.18. The summed E-state index contributed by atoms with van der Waals surface area (Å²) in [4.78, 5) is 0. The molecule has 0 aromatic rings. The Hall–Kier alpha value is -0.720. The van der Waals surface area contributed by atoms with Crippen molar-refractivity contribution in [2.24, 2.45) is 0 Å². The maximum Gasteiger partial charge on any atom is 0.448 e. The molecule has 0 fully saturated rings. The number of sulfonamides is 1. The van der Waals surface area contributed by atoms with Gasteiger partial charge in [-0.3, -0.25) is 0 Å². The molecule has 0 amide bonds.